The predicted molar refractivity (Wildman–Crippen MR) is 472 cm³/mol. The van der Waals surface area contributed by atoms with Crippen LogP contribution in [0.5, 0.6) is 0 Å². The Balaban J connectivity index is -0.000000631. The number of ether oxygens (including phenoxy) is 8. The lowest BCUT2D eigenvalue weighted by Crippen LogP contribution is -2.60. The number of hydrogen-bond donors (Lipinski definition) is 2. The van der Waals surface area contributed by atoms with Crippen LogP contribution in [0.2, 0.25) is 0 Å². The Morgan fingerprint density at radius 1 is 0.435 bits per heavy atom. The summed E-state index contributed by atoms with van der Waals surface area (Å²) in [6.45, 7) is 35.7. The van der Waals surface area contributed by atoms with Crippen LogP contribution >= 0.6 is 0 Å². The van der Waals surface area contributed by atoms with E-state index in [1.54, 1.807) is 0 Å². The lowest BCUT2D eigenvalue weighted by atomic mass is 9.52. The zero-order chi connectivity index (χ0) is 75.8. The molecule has 682 valence electrons. The minimum atomic E-state index is -0.584. The van der Waals surface area contributed by atoms with Crippen molar-refractivity contribution in [1.29, 1.82) is 0 Å². The molecule has 0 spiro atoms. The highest BCUT2D eigenvalue weighted by atomic mass is 16.6. The van der Waals surface area contributed by atoms with Gasteiger partial charge >= 0.3 is 47.8 Å². The molecule has 14 aliphatic carbocycles. The van der Waals surface area contributed by atoms with E-state index in [4.69, 9.17) is 37.9 Å². The predicted octanol–water partition coefficient (Wildman–Crippen LogP) is 24.4. The highest BCUT2D eigenvalue weighted by Gasteiger charge is 2.67. The highest BCUT2D eigenvalue weighted by molar-refractivity contribution is 5.79. The quantitative estimate of drug-likeness (QED) is 0.0800. The first-order valence-electron chi connectivity index (χ1n) is 41.5. The van der Waals surface area contributed by atoms with Gasteiger partial charge in [0.2, 0.25) is 0 Å². The van der Waals surface area contributed by atoms with Gasteiger partial charge in [0.15, 0.2) is 0 Å². The summed E-state index contributed by atoms with van der Waals surface area (Å²) in [5.41, 5.74) is -3.26. The van der Waals surface area contributed by atoms with Gasteiger partial charge in [-0.05, 0) is 264 Å². The molecular weight excluding hydrogens is 1450 g/mol. The maximum Gasteiger partial charge on any atom is 0.312 e. The number of carbonyl (C=O) groups is 8. The third-order valence-corrected chi connectivity index (χ3v) is 28.8. The number of fused-ring (bicyclic) bond motifs is 2. The van der Waals surface area contributed by atoms with E-state index in [-0.39, 0.29) is 230 Å². The molecule has 2 heterocycles. The molecule has 0 radical (unpaired) electrons. The standard InChI is InChI=1S/C16H24O4.2C15H24O3.C13H18O4.2C13H24O2.12CH4/c1-5-8(2)14(17)20-16(3,4)13-9-6-10-11(7-9)19-15(18)12(10)13;2*1-3-10(2)13(16)18-15-7-11-4-12(8-15)6-14(17,5-11)9-15;1-3-6(2)12(14)16-10-7-4-8-9(5-7)13(15)17-11(8)10;2*1-5-12(3,4)11(14)15-13(6-2)9-7-8-10-13;;;;;;;;;;;;/h8-13H,5-7H2,1-4H3;2*10-12,17H,3-9H2,1-2H3;6-11H,3-5H2,1-2H3;2*5-10H2,1-4H3;12*1H4. The molecule has 2 N–H and O–H groups in total. The first-order valence-corrected chi connectivity index (χ1v) is 41.5. The third kappa shape index (κ3) is 26.1. The smallest absolute Gasteiger partial charge is 0.312 e. The Bertz CT molecular complexity index is 2840. The van der Waals surface area contributed by atoms with Gasteiger partial charge in [-0.3, -0.25) is 38.4 Å². The Kier molecular flexibility index (Phi) is 46.9. The number of aliphatic hydroxyl groups is 2. The molecule has 0 aromatic carbocycles. The summed E-state index contributed by atoms with van der Waals surface area (Å²) in [5, 5.41) is 21.2. The SMILES string of the molecule is C.C.C.C.C.C.C.C.C.C.C.C.CCC(C)C(=O)OC(C)(C)C1C2CC3OC(=O)C1C3C2.CCC(C)C(=O)OC12CC3CC(CC(O)(C3)C1)C2.CCC(C)C(=O)OC12CC3CC(CC(O)(C3)C1)C2.CCC(C)C(=O)OC1C2CC3C(=O)OC1C3C2.CCC1(OC(=O)C(C)(C)CC)CCCC1.CCC1(OC(=O)C(C)(C)CC)CCCC1. The Hall–Kier alpha value is -4.32. The van der Waals surface area contributed by atoms with Crippen molar-refractivity contribution >= 4 is 47.8 Å². The average molecular weight is 1640 g/mol. The summed E-state index contributed by atoms with van der Waals surface area (Å²) in [5.74, 6) is 3.08. The van der Waals surface area contributed by atoms with E-state index < -0.39 is 16.8 Å². The molecule has 18 heteroatoms. The molecule has 0 aromatic rings. The van der Waals surface area contributed by atoms with Crippen LogP contribution in [-0.4, -0.2) is 115 Å². The van der Waals surface area contributed by atoms with Gasteiger partial charge in [0, 0.05) is 36.5 Å². The van der Waals surface area contributed by atoms with Crippen LogP contribution in [0, 0.1) is 99.6 Å². The fourth-order valence-corrected chi connectivity index (χ4v) is 21.6. The molecule has 18 nitrogen and oxygen atoms in total. The van der Waals surface area contributed by atoms with Crippen LogP contribution in [-0.2, 0) is 76.3 Å². The topological polar surface area (TPSA) is 251 Å². The summed E-state index contributed by atoms with van der Waals surface area (Å²) >= 11 is 0. The maximum atomic E-state index is 12.1. The van der Waals surface area contributed by atoms with Crippen LogP contribution in [0.4, 0.5) is 0 Å². The molecule has 16 fully saturated rings. The van der Waals surface area contributed by atoms with Crippen LogP contribution in [0.15, 0.2) is 0 Å². The van der Waals surface area contributed by atoms with E-state index >= 15 is 0 Å². The lowest BCUT2D eigenvalue weighted by molar-refractivity contribution is -0.223. The molecule has 16 aliphatic rings. The van der Waals surface area contributed by atoms with E-state index in [0.717, 1.165) is 154 Å². The monoisotopic (exact) mass is 1640 g/mol. The summed E-state index contributed by atoms with van der Waals surface area (Å²) in [6, 6.07) is 0. The van der Waals surface area contributed by atoms with Crippen molar-refractivity contribution in [2.45, 2.75) is 477 Å². The van der Waals surface area contributed by atoms with Crippen molar-refractivity contribution in [2.75, 3.05) is 0 Å². The molecular formula is C97H186O18. The first-order chi connectivity index (χ1) is 48.2. The van der Waals surface area contributed by atoms with Crippen molar-refractivity contribution in [1.82, 2.24) is 0 Å². The largest absolute Gasteiger partial charge is 0.462 e. The summed E-state index contributed by atoms with van der Waals surface area (Å²) in [6.07, 6.45) is 30.9. The van der Waals surface area contributed by atoms with Gasteiger partial charge in [-0.25, -0.2) is 0 Å². The van der Waals surface area contributed by atoms with Crippen molar-refractivity contribution in [3.63, 3.8) is 0 Å². The van der Waals surface area contributed by atoms with Gasteiger partial charge < -0.3 is 48.1 Å². The second kappa shape index (κ2) is 46.1. The minimum absolute atomic E-state index is 0. The summed E-state index contributed by atoms with van der Waals surface area (Å²) < 4.78 is 45.4. The fraction of sp³-hybridized carbons (Fsp3) is 0.918. The van der Waals surface area contributed by atoms with Crippen molar-refractivity contribution in [2.24, 2.45) is 99.6 Å². The minimum Gasteiger partial charge on any atom is -0.462 e. The Morgan fingerprint density at radius 3 is 1.14 bits per heavy atom. The van der Waals surface area contributed by atoms with E-state index in [1.165, 1.54) is 38.5 Å². The van der Waals surface area contributed by atoms with E-state index in [2.05, 4.69) is 13.8 Å². The zero-order valence-corrected chi connectivity index (χ0v) is 66.9. The highest BCUT2D eigenvalue weighted by Crippen LogP contribution is 2.63. The molecule has 14 saturated carbocycles. The van der Waals surface area contributed by atoms with Crippen LogP contribution < -0.4 is 0 Å². The molecule has 18 atom stereocenters. The fourth-order valence-electron chi connectivity index (χ4n) is 21.6. The van der Waals surface area contributed by atoms with Gasteiger partial charge in [-0.1, -0.05) is 172 Å². The molecule has 18 unspecified atom stereocenters. The first kappa shape index (κ1) is 117. The van der Waals surface area contributed by atoms with Gasteiger partial charge in [-0.15, -0.1) is 0 Å². The van der Waals surface area contributed by atoms with Crippen LogP contribution in [0.25, 0.3) is 0 Å². The van der Waals surface area contributed by atoms with Crippen LogP contribution in [0.3, 0.4) is 0 Å². The second-order valence-electron chi connectivity index (χ2n) is 37.8. The van der Waals surface area contributed by atoms with Gasteiger partial charge in [0.05, 0.1) is 57.5 Å². The van der Waals surface area contributed by atoms with Crippen LogP contribution in [0.1, 0.15) is 419 Å². The second-order valence-corrected chi connectivity index (χ2v) is 37.8. The zero-order valence-electron chi connectivity index (χ0n) is 66.9. The Labute approximate surface area is 707 Å². The lowest BCUT2D eigenvalue weighted by Gasteiger charge is -2.59. The summed E-state index contributed by atoms with van der Waals surface area (Å²) in [4.78, 5) is 95.6. The molecule has 0 amide bonds. The van der Waals surface area contributed by atoms with E-state index in [0.29, 0.717) is 60.2 Å². The number of hydrogen-bond acceptors (Lipinski definition) is 18. The number of esters is 8. The van der Waals surface area contributed by atoms with Gasteiger partial charge in [0.25, 0.3) is 0 Å². The van der Waals surface area contributed by atoms with E-state index in [9.17, 15) is 48.6 Å². The van der Waals surface area contributed by atoms with Crippen molar-refractivity contribution in [3.05, 3.63) is 0 Å². The maximum absolute atomic E-state index is 12.1. The van der Waals surface area contributed by atoms with Gasteiger partial charge in [-0.2, -0.15) is 0 Å². The van der Waals surface area contributed by atoms with Crippen molar-refractivity contribution < 1.29 is 86.5 Å². The van der Waals surface area contributed by atoms with Gasteiger partial charge in [0.1, 0.15) is 46.3 Å². The average Bonchev–Trinajstić information content (AvgIpc) is 1.68. The molecule has 0 aromatic heterocycles. The molecule has 2 saturated heterocycles. The van der Waals surface area contributed by atoms with E-state index in [1.807, 2.05) is 111 Å². The van der Waals surface area contributed by atoms with Crippen molar-refractivity contribution in [3.8, 4) is 0 Å². The molecule has 16 rings (SSSR count). The molecule has 12 bridgehead atoms. The number of carbonyl (C=O) groups excluding carboxylic acids is 8. The Morgan fingerprint density at radius 2 is 0.791 bits per heavy atom. The molecule has 115 heavy (non-hydrogen) atoms. The number of rotatable bonds is 21. The molecule has 2 aliphatic heterocycles. The normalized spacial score (nSPS) is 33.4. The third-order valence-electron chi connectivity index (χ3n) is 28.8. The summed E-state index contributed by atoms with van der Waals surface area (Å²) in [7, 11) is 0.